The third-order valence-electron chi connectivity index (χ3n) is 2.63. The van der Waals surface area contributed by atoms with E-state index in [1.807, 2.05) is 6.07 Å². The van der Waals surface area contributed by atoms with Gasteiger partial charge in [-0.1, -0.05) is 0 Å². The summed E-state index contributed by atoms with van der Waals surface area (Å²) in [7, 11) is 1.70. The minimum atomic E-state index is 0.922. The molecule has 0 unspecified atom stereocenters. The number of aromatic nitrogens is 1. The molecule has 2 aromatic rings. The number of hydrogen-bond donors (Lipinski definition) is 0. The molecule has 14 heavy (non-hydrogen) atoms. The van der Waals surface area contributed by atoms with Crippen LogP contribution in [0.2, 0.25) is 0 Å². The van der Waals surface area contributed by atoms with Crippen molar-refractivity contribution >= 4 is 10.9 Å². The Hall–Kier alpha value is -1.44. The topological polar surface area (TPSA) is 14.2 Å². The molecule has 2 nitrogen and oxygen atoms in total. The molecule has 2 heteroatoms. The molecule has 0 saturated carbocycles. The van der Waals surface area contributed by atoms with Crippen molar-refractivity contribution in [2.75, 3.05) is 7.11 Å². The number of aryl methyl sites for hydroxylation is 2. The Kier molecular flexibility index (Phi) is 2.20. The van der Waals surface area contributed by atoms with Crippen molar-refractivity contribution < 1.29 is 4.74 Å². The largest absolute Gasteiger partial charge is 0.497 e. The predicted molar refractivity (Wildman–Crippen MR) is 58.9 cm³/mol. The number of nitrogens with zero attached hydrogens (tertiary/aromatic N) is 1. The van der Waals surface area contributed by atoms with Crippen LogP contribution in [0.4, 0.5) is 0 Å². The van der Waals surface area contributed by atoms with Crippen molar-refractivity contribution in [2.45, 2.75) is 20.4 Å². The Balaban J connectivity index is 2.71. The molecule has 0 amide bonds. The van der Waals surface area contributed by atoms with Gasteiger partial charge in [0.15, 0.2) is 0 Å². The van der Waals surface area contributed by atoms with Gasteiger partial charge in [-0.05, 0) is 31.5 Å². The molecule has 0 saturated heterocycles. The second-order valence-electron chi connectivity index (χ2n) is 3.48. The minimum absolute atomic E-state index is 0.922. The Morgan fingerprint density at radius 3 is 2.79 bits per heavy atom. The number of fused-ring (bicyclic) bond motifs is 1. The third kappa shape index (κ3) is 1.27. The Morgan fingerprint density at radius 1 is 1.36 bits per heavy atom. The molecule has 0 bridgehead atoms. The lowest BCUT2D eigenvalue weighted by Crippen LogP contribution is -1.91. The van der Waals surface area contributed by atoms with Crippen LogP contribution in [-0.4, -0.2) is 11.7 Å². The van der Waals surface area contributed by atoms with Crippen LogP contribution >= 0.6 is 0 Å². The number of ether oxygens (including phenoxy) is 1. The van der Waals surface area contributed by atoms with Crippen LogP contribution in [0.3, 0.4) is 0 Å². The van der Waals surface area contributed by atoms with Crippen molar-refractivity contribution in [3.8, 4) is 5.75 Å². The van der Waals surface area contributed by atoms with Crippen LogP contribution in [0.1, 0.15) is 12.5 Å². The zero-order chi connectivity index (χ0) is 10.1. The first-order valence-corrected chi connectivity index (χ1v) is 4.89. The van der Waals surface area contributed by atoms with E-state index in [4.69, 9.17) is 4.74 Å². The van der Waals surface area contributed by atoms with Gasteiger partial charge in [-0.25, -0.2) is 0 Å². The summed E-state index contributed by atoms with van der Waals surface area (Å²) < 4.78 is 7.46. The Bertz CT molecular complexity index is 457. The summed E-state index contributed by atoms with van der Waals surface area (Å²) in [4.78, 5) is 0. The first-order chi connectivity index (χ1) is 6.76. The van der Waals surface area contributed by atoms with E-state index in [0.29, 0.717) is 0 Å². The van der Waals surface area contributed by atoms with Crippen molar-refractivity contribution in [3.05, 3.63) is 30.0 Å². The molecule has 1 aromatic heterocycles. The molecule has 0 aliphatic rings. The number of methoxy groups -OCH3 is 1. The van der Waals surface area contributed by atoms with E-state index < -0.39 is 0 Å². The quantitative estimate of drug-likeness (QED) is 0.708. The zero-order valence-corrected chi connectivity index (χ0v) is 8.87. The van der Waals surface area contributed by atoms with Gasteiger partial charge in [0, 0.05) is 24.2 Å². The highest BCUT2D eigenvalue weighted by Gasteiger charge is 2.04. The van der Waals surface area contributed by atoms with Crippen molar-refractivity contribution in [1.29, 1.82) is 0 Å². The molecule has 0 radical (unpaired) electrons. The maximum absolute atomic E-state index is 5.22. The van der Waals surface area contributed by atoms with E-state index in [9.17, 15) is 0 Å². The highest BCUT2D eigenvalue weighted by molar-refractivity contribution is 5.85. The third-order valence-corrected chi connectivity index (χ3v) is 2.63. The normalized spacial score (nSPS) is 10.8. The molecule has 0 aliphatic carbocycles. The summed E-state index contributed by atoms with van der Waals surface area (Å²) in [5, 5.41) is 1.31. The van der Waals surface area contributed by atoms with Crippen LogP contribution in [0.25, 0.3) is 10.9 Å². The van der Waals surface area contributed by atoms with Crippen molar-refractivity contribution in [1.82, 2.24) is 4.57 Å². The molecular formula is C12H15NO. The maximum atomic E-state index is 5.22. The molecule has 1 heterocycles. The van der Waals surface area contributed by atoms with Gasteiger partial charge < -0.3 is 9.30 Å². The Morgan fingerprint density at radius 2 is 2.14 bits per heavy atom. The van der Waals surface area contributed by atoms with Crippen molar-refractivity contribution in [2.24, 2.45) is 0 Å². The molecule has 0 fully saturated rings. The van der Waals surface area contributed by atoms with Crippen LogP contribution in [0.15, 0.2) is 24.4 Å². The summed E-state index contributed by atoms with van der Waals surface area (Å²) in [5.74, 6) is 0.922. The lowest BCUT2D eigenvalue weighted by atomic mass is 10.2. The molecule has 0 N–H and O–H groups in total. The fourth-order valence-corrected chi connectivity index (χ4v) is 1.84. The predicted octanol–water partition coefficient (Wildman–Crippen LogP) is 2.98. The van der Waals surface area contributed by atoms with E-state index in [1.54, 1.807) is 7.11 Å². The van der Waals surface area contributed by atoms with E-state index in [2.05, 4.69) is 36.7 Å². The smallest absolute Gasteiger partial charge is 0.120 e. The molecule has 0 spiro atoms. The van der Waals surface area contributed by atoms with Gasteiger partial charge in [-0.15, -0.1) is 0 Å². The average molecular weight is 189 g/mol. The lowest BCUT2D eigenvalue weighted by molar-refractivity contribution is 0.415. The van der Waals surface area contributed by atoms with E-state index in [0.717, 1.165) is 12.3 Å². The first-order valence-electron chi connectivity index (χ1n) is 4.89. The monoisotopic (exact) mass is 189 g/mol. The zero-order valence-electron chi connectivity index (χ0n) is 8.87. The van der Waals surface area contributed by atoms with Gasteiger partial charge in [0.05, 0.1) is 12.6 Å². The van der Waals surface area contributed by atoms with Gasteiger partial charge in [-0.3, -0.25) is 0 Å². The lowest BCUT2D eigenvalue weighted by Gasteiger charge is -2.03. The van der Waals surface area contributed by atoms with Crippen LogP contribution in [-0.2, 0) is 6.54 Å². The number of hydrogen-bond acceptors (Lipinski definition) is 1. The highest BCUT2D eigenvalue weighted by Crippen LogP contribution is 2.25. The molecule has 2 rings (SSSR count). The molecule has 74 valence electrons. The Labute approximate surface area is 84.1 Å². The highest BCUT2D eigenvalue weighted by atomic mass is 16.5. The molecule has 0 aliphatic heterocycles. The van der Waals surface area contributed by atoms with Gasteiger partial charge in [0.25, 0.3) is 0 Å². The standard InChI is InChI=1S/C12H15NO/c1-4-13-8-9(2)11-6-5-10(14-3)7-12(11)13/h5-8H,4H2,1-3H3. The maximum Gasteiger partial charge on any atom is 0.120 e. The van der Waals surface area contributed by atoms with Crippen LogP contribution < -0.4 is 4.74 Å². The summed E-state index contributed by atoms with van der Waals surface area (Å²) in [6, 6.07) is 6.22. The van der Waals surface area contributed by atoms with E-state index >= 15 is 0 Å². The molecular weight excluding hydrogens is 174 g/mol. The first kappa shape index (κ1) is 9.13. The minimum Gasteiger partial charge on any atom is -0.497 e. The summed E-state index contributed by atoms with van der Waals surface area (Å²) in [6.07, 6.45) is 2.18. The van der Waals surface area contributed by atoms with E-state index in [-0.39, 0.29) is 0 Å². The van der Waals surface area contributed by atoms with Crippen LogP contribution in [0, 0.1) is 6.92 Å². The van der Waals surface area contributed by atoms with Gasteiger partial charge >= 0.3 is 0 Å². The molecule has 1 aromatic carbocycles. The molecule has 0 atom stereocenters. The van der Waals surface area contributed by atoms with Crippen molar-refractivity contribution in [3.63, 3.8) is 0 Å². The summed E-state index contributed by atoms with van der Waals surface area (Å²) in [5.41, 5.74) is 2.58. The fourth-order valence-electron chi connectivity index (χ4n) is 1.84. The fraction of sp³-hybridized carbons (Fsp3) is 0.333. The second-order valence-corrected chi connectivity index (χ2v) is 3.48. The second kappa shape index (κ2) is 3.37. The summed E-state index contributed by atoms with van der Waals surface area (Å²) in [6.45, 7) is 5.29. The van der Waals surface area contributed by atoms with Gasteiger partial charge in [0.1, 0.15) is 5.75 Å². The van der Waals surface area contributed by atoms with Crippen LogP contribution in [0.5, 0.6) is 5.75 Å². The average Bonchev–Trinajstić information content (AvgIpc) is 2.55. The number of benzene rings is 1. The van der Waals surface area contributed by atoms with Gasteiger partial charge in [0.2, 0.25) is 0 Å². The number of rotatable bonds is 2. The van der Waals surface area contributed by atoms with Gasteiger partial charge in [-0.2, -0.15) is 0 Å². The SMILES string of the molecule is CCn1cc(C)c2ccc(OC)cc21. The van der Waals surface area contributed by atoms with E-state index in [1.165, 1.54) is 16.5 Å². The summed E-state index contributed by atoms with van der Waals surface area (Å²) >= 11 is 0.